The number of nitrogens with zero attached hydrogens (tertiary/aromatic N) is 1. The molecule has 2 heterocycles. The third-order valence-corrected chi connectivity index (χ3v) is 15.1. The van der Waals surface area contributed by atoms with Crippen LogP contribution in [-0.4, -0.2) is 4.57 Å². The van der Waals surface area contributed by atoms with Gasteiger partial charge in [0.05, 0.1) is 16.5 Å². The van der Waals surface area contributed by atoms with Gasteiger partial charge < -0.3 is 8.98 Å². The van der Waals surface area contributed by atoms with Gasteiger partial charge in [-0.15, -0.1) is 0 Å². The Morgan fingerprint density at radius 1 is 0.593 bits per heavy atom. The molecule has 0 aliphatic heterocycles. The van der Waals surface area contributed by atoms with E-state index in [0.29, 0.717) is 45.0 Å². The average molecular weight is 772 g/mol. The number of hydrogen-bond acceptors (Lipinski definition) is 1. The molecule has 4 saturated carbocycles. The summed E-state index contributed by atoms with van der Waals surface area (Å²) in [6.45, 7) is 6.90. The maximum absolute atomic E-state index is 15.3. The maximum atomic E-state index is 15.3. The van der Waals surface area contributed by atoms with E-state index in [9.17, 15) is 5.48 Å². The van der Waals surface area contributed by atoms with Gasteiger partial charge in [-0.1, -0.05) is 99.6 Å². The molecule has 0 saturated heterocycles. The fraction of sp³-hybridized carbons (Fsp3) is 0.250. The van der Waals surface area contributed by atoms with E-state index in [-0.39, 0.29) is 52.1 Å². The highest BCUT2D eigenvalue weighted by Gasteiger charge is 2.61. The van der Waals surface area contributed by atoms with Gasteiger partial charge in [0, 0.05) is 32.6 Å². The van der Waals surface area contributed by atoms with Crippen LogP contribution in [0.5, 0.6) is 0 Å². The molecule has 288 valence electrons. The molecule has 1 spiro atoms. The molecule has 4 bridgehead atoms. The largest absolute Gasteiger partial charge is 0.456 e. The lowest BCUT2D eigenvalue weighted by molar-refractivity contribution is -0.0399. The van der Waals surface area contributed by atoms with Gasteiger partial charge in [0.25, 0.3) is 0 Å². The molecule has 2 nitrogen and oxygen atoms in total. The summed E-state index contributed by atoms with van der Waals surface area (Å²) in [4.78, 5) is 0. The van der Waals surface area contributed by atoms with Crippen molar-refractivity contribution in [2.24, 2.45) is 23.7 Å². The first kappa shape index (κ1) is 30.2. The number of fused-ring (bicyclic) bond motifs is 9. The monoisotopic (exact) mass is 771 g/mol. The van der Waals surface area contributed by atoms with Crippen LogP contribution in [0, 0.1) is 29.5 Å². The molecule has 5 aliphatic carbocycles. The van der Waals surface area contributed by atoms with Crippen molar-refractivity contribution in [3.63, 3.8) is 0 Å². The van der Waals surface area contributed by atoms with Crippen molar-refractivity contribution in [1.29, 1.82) is 0 Å². The highest BCUT2D eigenvalue weighted by molar-refractivity contribution is 6.13. The van der Waals surface area contributed by atoms with E-state index in [1.165, 1.54) is 72.1 Å². The van der Waals surface area contributed by atoms with Crippen molar-refractivity contribution in [2.45, 2.75) is 63.7 Å². The molecule has 0 amide bonds. The zero-order valence-corrected chi connectivity index (χ0v) is 33.5. The summed E-state index contributed by atoms with van der Waals surface area (Å²) >= 11 is 0. The second-order valence-corrected chi connectivity index (χ2v) is 19.2. The summed E-state index contributed by atoms with van der Waals surface area (Å²) in [5.41, 5.74) is 12.8. The summed E-state index contributed by atoms with van der Waals surface area (Å²) in [6, 6.07) is 37.9. The van der Waals surface area contributed by atoms with Gasteiger partial charge in [-0.2, -0.15) is 0 Å². The van der Waals surface area contributed by atoms with Crippen LogP contribution < -0.4 is 0 Å². The van der Waals surface area contributed by atoms with Crippen molar-refractivity contribution in [2.75, 3.05) is 0 Å². The van der Waals surface area contributed by atoms with Crippen LogP contribution in [0.25, 0.3) is 82.8 Å². The third kappa shape index (κ3) is 4.68. The number of benzene rings is 7. The molecule has 5 aliphatic rings. The minimum Gasteiger partial charge on any atom is -0.456 e. The highest BCUT2D eigenvalue weighted by Crippen LogP contribution is 2.69. The van der Waals surface area contributed by atoms with E-state index in [1.807, 2.05) is 48.5 Å². The minimum atomic E-state index is -0.382. The smallest absolute Gasteiger partial charge is 0.136 e. The summed E-state index contributed by atoms with van der Waals surface area (Å²) in [6.07, 6.45) is 6.73. The fourth-order valence-electron chi connectivity index (χ4n) is 12.8. The van der Waals surface area contributed by atoms with Gasteiger partial charge in [-0.3, -0.25) is 0 Å². The molecule has 4 fully saturated rings. The number of aromatic nitrogens is 1. The van der Waals surface area contributed by atoms with Crippen molar-refractivity contribution in [3.8, 4) is 39.1 Å². The summed E-state index contributed by atoms with van der Waals surface area (Å²) in [7, 11) is 0. The molecule has 9 aromatic rings. The predicted molar refractivity (Wildman–Crippen MR) is 241 cm³/mol. The van der Waals surface area contributed by atoms with E-state index < -0.39 is 0 Å². The zero-order valence-electron chi connectivity index (χ0n) is 37.5. The van der Waals surface area contributed by atoms with Gasteiger partial charge in [0.1, 0.15) is 17.0 Å². The summed E-state index contributed by atoms with van der Waals surface area (Å²) in [5, 5.41) is 3.03. The Kier molecular flexibility index (Phi) is 6.06. The average Bonchev–Trinajstić information content (AvgIpc) is 3.90. The lowest BCUT2D eigenvalue weighted by atomic mass is 9.43. The number of furan rings is 1. The van der Waals surface area contributed by atoms with Gasteiger partial charge in [-0.05, 0) is 172 Å². The van der Waals surface area contributed by atoms with E-state index in [1.54, 1.807) is 10.6 Å². The lowest BCUT2D eigenvalue weighted by Crippen LogP contribution is -2.55. The van der Waals surface area contributed by atoms with Gasteiger partial charge in [0.15, 0.2) is 0 Å². The third-order valence-electron chi connectivity index (χ3n) is 15.1. The van der Waals surface area contributed by atoms with Crippen molar-refractivity contribution < 1.29 is 14.3 Å². The van der Waals surface area contributed by atoms with E-state index in [4.69, 9.17) is 4.42 Å². The van der Waals surface area contributed by atoms with Gasteiger partial charge in [0.2, 0.25) is 0 Å². The topological polar surface area (TPSA) is 18.1 Å². The lowest BCUT2D eigenvalue weighted by Gasteiger charge is -2.61. The van der Waals surface area contributed by atoms with Crippen molar-refractivity contribution >= 4 is 43.7 Å². The molecular formula is C56H46FNO. The van der Waals surface area contributed by atoms with Crippen LogP contribution in [0.15, 0.2) is 144 Å². The molecule has 0 unspecified atom stereocenters. The Bertz CT molecular complexity index is 3420. The van der Waals surface area contributed by atoms with Crippen LogP contribution in [0.4, 0.5) is 4.39 Å². The predicted octanol–water partition coefficient (Wildman–Crippen LogP) is 15.2. The summed E-state index contributed by atoms with van der Waals surface area (Å²) in [5.74, 6) is 2.69. The number of halogens is 1. The molecule has 14 rings (SSSR count). The molecule has 0 N–H and O–H groups in total. The van der Waals surface area contributed by atoms with Crippen LogP contribution in [0.1, 0.15) is 75.0 Å². The second-order valence-electron chi connectivity index (χ2n) is 19.2. The summed E-state index contributed by atoms with van der Waals surface area (Å²) < 4.78 is 61.1. The fourth-order valence-corrected chi connectivity index (χ4v) is 12.8. The van der Waals surface area contributed by atoms with Crippen LogP contribution >= 0.6 is 0 Å². The molecule has 7 aromatic carbocycles. The van der Waals surface area contributed by atoms with Crippen molar-refractivity contribution in [1.82, 2.24) is 4.57 Å². The molecular weight excluding hydrogens is 722 g/mol. The number of rotatable bonds is 3. The molecule has 0 radical (unpaired) electrons. The molecule has 3 heteroatoms. The SMILES string of the molecule is [2H]c1c([2H])c(-n2c3ccc(F)cc3c3cc(-c4ccc5c(c4)-c4cc(C(C)(C)C)ccc4C54C5CC6CC(C5)CC4C6)ccc32)c([2H])c([2H])c1-c1cccc2oc3ccccc3c12. The standard InChI is InChI=1S/C56H46FNO/c1-55(2,3)37-15-20-49-45(30-37)44-28-35(13-19-48(44)56(49)38-24-32-23-33(26-38)27-39(56)25-32)36-14-21-50-46(29-36)47-31-40(57)16-22-51(47)58(50)41-17-11-34(12-18-41)42-8-6-10-53-54(42)43-7-4-5-9-52(43)59-53/h4-22,28-33,38-39H,23-27H2,1-3H3/i11D,12D,17D,18D. The highest BCUT2D eigenvalue weighted by atomic mass is 19.1. The Morgan fingerprint density at radius 2 is 1.24 bits per heavy atom. The Morgan fingerprint density at radius 3 is 2.00 bits per heavy atom. The van der Waals surface area contributed by atoms with Gasteiger partial charge in [-0.25, -0.2) is 4.39 Å². The number of para-hydroxylation sites is 1. The first-order chi connectivity index (χ1) is 30.4. The van der Waals surface area contributed by atoms with E-state index in [0.717, 1.165) is 39.1 Å². The number of hydrogen-bond donors (Lipinski definition) is 0. The maximum Gasteiger partial charge on any atom is 0.136 e. The Balaban J connectivity index is 0.988. The minimum absolute atomic E-state index is 0.0174. The first-order valence-corrected chi connectivity index (χ1v) is 21.5. The first-order valence-electron chi connectivity index (χ1n) is 23.5. The second kappa shape index (κ2) is 11.8. The van der Waals surface area contributed by atoms with E-state index >= 15 is 4.39 Å². The molecule has 59 heavy (non-hydrogen) atoms. The van der Waals surface area contributed by atoms with E-state index in [2.05, 4.69) is 69.3 Å². The zero-order chi connectivity index (χ0) is 42.8. The Labute approximate surface area is 349 Å². The quantitative estimate of drug-likeness (QED) is 0.175. The molecule has 2 aromatic heterocycles. The van der Waals surface area contributed by atoms with Crippen LogP contribution in [0.2, 0.25) is 0 Å². The van der Waals surface area contributed by atoms with Crippen LogP contribution in [-0.2, 0) is 10.8 Å². The van der Waals surface area contributed by atoms with Gasteiger partial charge >= 0.3 is 0 Å². The Hall–Kier alpha value is -5.93. The normalized spacial score (nSPS) is 23.9. The van der Waals surface area contributed by atoms with Crippen molar-refractivity contribution in [3.05, 3.63) is 162 Å². The molecule has 0 atom stereocenters. The van der Waals surface area contributed by atoms with Crippen LogP contribution in [0.3, 0.4) is 0 Å².